The molecule has 3 rings (SSSR count). The summed E-state index contributed by atoms with van der Waals surface area (Å²) in [6.45, 7) is 0.400. The Hall–Kier alpha value is -3.55. The van der Waals surface area contributed by atoms with Crippen molar-refractivity contribution in [3.8, 4) is 17.2 Å². The lowest BCUT2D eigenvalue weighted by Crippen LogP contribution is -2.34. The van der Waals surface area contributed by atoms with E-state index in [1.54, 1.807) is 12.1 Å². The van der Waals surface area contributed by atoms with Crippen LogP contribution in [0.1, 0.15) is 17.0 Å². The maximum Gasteiger partial charge on any atom is 0.253 e. The Morgan fingerprint density at radius 3 is 2.46 bits per heavy atom. The highest BCUT2D eigenvalue weighted by Gasteiger charge is 2.40. The number of phenols is 1. The molecule has 1 aliphatic heterocycles. The van der Waals surface area contributed by atoms with E-state index in [0.717, 1.165) is 5.56 Å². The van der Waals surface area contributed by atoms with Gasteiger partial charge >= 0.3 is 0 Å². The maximum absolute atomic E-state index is 12.6. The Bertz CT molecular complexity index is 873. The average Bonchev–Trinajstić information content (AvgIpc) is 3.11. The van der Waals surface area contributed by atoms with E-state index in [-0.39, 0.29) is 29.1 Å². The summed E-state index contributed by atoms with van der Waals surface area (Å²) in [7, 11) is 2.83. The fourth-order valence-corrected chi connectivity index (χ4v) is 3.16. The Balaban J connectivity index is 1.73. The number of ether oxygens (including phenoxy) is 2. The number of aromatic hydroxyl groups is 1. The summed E-state index contributed by atoms with van der Waals surface area (Å²) in [6, 6.07) is 12.5. The zero-order valence-corrected chi connectivity index (χ0v) is 15.5. The van der Waals surface area contributed by atoms with Gasteiger partial charge in [0.05, 0.1) is 20.4 Å². The molecule has 0 radical (unpaired) electrons. The summed E-state index contributed by atoms with van der Waals surface area (Å²) >= 11 is 0. The number of carbonyl (C=O) groups excluding carboxylic acids is 2. The third-order valence-electron chi connectivity index (χ3n) is 4.58. The minimum absolute atomic E-state index is 0.125. The summed E-state index contributed by atoms with van der Waals surface area (Å²) < 4.78 is 10.2. The van der Waals surface area contributed by atoms with E-state index in [4.69, 9.17) is 9.47 Å². The van der Waals surface area contributed by atoms with E-state index in [0.29, 0.717) is 12.1 Å². The summed E-state index contributed by atoms with van der Waals surface area (Å²) in [5, 5.41) is 16.6. The fourth-order valence-electron chi connectivity index (χ4n) is 3.16. The van der Waals surface area contributed by atoms with Crippen molar-refractivity contribution in [1.82, 2.24) is 10.7 Å². The van der Waals surface area contributed by atoms with Gasteiger partial charge in [0.25, 0.3) is 5.91 Å². The zero-order chi connectivity index (χ0) is 20.1. The van der Waals surface area contributed by atoms with Crippen LogP contribution in [0.15, 0.2) is 47.6 Å². The van der Waals surface area contributed by atoms with Crippen LogP contribution in [0, 0.1) is 5.92 Å². The highest BCUT2D eigenvalue weighted by molar-refractivity contribution is 6.03. The number of nitrogens with zero attached hydrogens (tertiary/aromatic N) is 1. The lowest BCUT2D eigenvalue weighted by Gasteiger charge is -2.15. The first-order chi connectivity index (χ1) is 13.5. The van der Waals surface area contributed by atoms with Crippen LogP contribution in [0.5, 0.6) is 17.2 Å². The number of rotatable bonds is 6. The summed E-state index contributed by atoms with van der Waals surface area (Å²) in [6.07, 6.45) is 1.38. The minimum atomic E-state index is -0.858. The molecule has 1 fully saturated rings. The molecule has 2 aromatic rings. The molecule has 0 saturated carbocycles. The van der Waals surface area contributed by atoms with Crippen molar-refractivity contribution in [3.63, 3.8) is 0 Å². The van der Waals surface area contributed by atoms with Crippen LogP contribution >= 0.6 is 0 Å². The largest absolute Gasteiger partial charge is 0.502 e. The number of hydrogen-bond acceptors (Lipinski definition) is 6. The van der Waals surface area contributed by atoms with Crippen molar-refractivity contribution in [1.29, 1.82) is 0 Å². The van der Waals surface area contributed by atoms with Gasteiger partial charge in [-0.25, -0.2) is 5.43 Å². The SMILES string of the molecule is COc1cc(/C=N/NC(=O)[C@@H]2C(=O)NC[C@@H]2c2ccccc2)cc(OC)c1O. The molecular formula is C20H21N3O5. The van der Waals surface area contributed by atoms with Crippen LogP contribution in [-0.4, -0.2) is 43.9 Å². The van der Waals surface area contributed by atoms with Crippen LogP contribution < -0.4 is 20.2 Å². The van der Waals surface area contributed by atoms with E-state index in [2.05, 4.69) is 15.8 Å². The molecular weight excluding hydrogens is 362 g/mol. The summed E-state index contributed by atoms with van der Waals surface area (Å²) in [5.41, 5.74) is 3.88. The number of methoxy groups -OCH3 is 2. The summed E-state index contributed by atoms with van der Waals surface area (Å²) in [5.74, 6) is -1.62. The number of nitrogens with one attached hydrogen (secondary N) is 2. The van der Waals surface area contributed by atoms with Crippen LogP contribution in [0.3, 0.4) is 0 Å². The zero-order valence-electron chi connectivity index (χ0n) is 15.5. The molecule has 1 saturated heterocycles. The van der Waals surface area contributed by atoms with E-state index in [1.807, 2.05) is 30.3 Å². The molecule has 1 aliphatic rings. The Kier molecular flexibility index (Phi) is 5.78. The number of amides is 2. The van der Waals surface area contributed by atoms with Gasteiger partial charge in [0.1, 0.15) is 5.92 Å². The molecule has 0 bridgehead atoms. The first-order valence-electron chi connectivity index (χ1n) is 8.65. The number of hydrazone groups is 1. The third kappa shape index (κ3) is 3.90. The van der Waals surface area contributed by atoms with Gasteiger partial charge < -0.3 is 19.9 Å². The van der Waals surface area contributed by atoms with Gasteiger partial charge in [-0.15, -0.1) is 0 Å². The first kappa shape index (κ1) is 19.2. The fraction of sp³-hybridized carbons (Fsp3) is 0.250. The van der Waals surface area contributed by atoms with Crippen molar-refractivity contribution in [2.45, 2.75) is 5.92 Å². The normalized spacial score (nSPS) is 18.7. The number of hydrogen-bond donors (Lipinski definition) is 3. The average molecular weight is 383 g/mol. The van der Waals surface area contributed by atoms with Gasteiger partial charge in [0.2, 0.25) is 11.7 Å². The van der Waals surface area contributed by atoms with E-state index in [9.17, 15) is 14.7 Å². The predicted octanol–water partition coefficient (Wildman–Crippen LogP) is 1.39. The maximum atomic E-state index is 12.6. The first-order valence-corrected chi connectivity index (χ1v) is 8.65. The van der Waals surface area contributed by atoms with E-state index >= 15 is 0 Å². The second-order valence-corrected chi connectivity index (χ2v) is 6.25. The molecule has 2 amide bonds. The second kappa shape index (κ2) is 8.43. The smallest absolute Gasteiger partial charge is 0.253 e. The highest BCUT2D eigenvalue weighted by atomic mass is 16.5. The minimum Gasteiger partial charge on any atom is -0.502 e. The van der Waals surface area contributed by atoms with E-state index < -0.39 is 11.8 Å². The molecule has 0 aromatic heterocycles. The topological polar surface area (TPSA) is 109 Å². The highest BCUT2D eigenvalue weighted by Crippen LogP contribution is 2.36. The number of benzene rings is 2. The molecule has 2 aromatic carbocycles. The Morgan fingerprint density at radius 1 is 1.21 bits per heavy atom. The molecule has 8 nitrogen and oxygen atoms in total. The quantitative estimate of drug-likeness (QED) is 0.397. The number of carbonyl (C=O) groups is 2. The Labute approximate surface area is 162 Å². The van der Waals surface area contributed by atoms with Crippen LogP contribution in [0.25, 0.3) is 0 Å². The van der Waals surface area contributed by atoms with Crippen molar-refractivity contribution in [2.24, 2.45) is 11.0 Å². The van der Waals surface area contributed by atoms with Crippen molar-refractivity contribution < 1.29 is 24.2 Å². The van der Waals surface area contributed by atoms with Gasteiger partial charge in [0, 0.05) is 18.0 Å². The van der Waals surface area contributed by atoms with Crippen molar-refractivity contribution in [2.75, 3.05) is 20.8 Å². The van der Waals surface area contributed by atoms with Gasteiger partial charge in [-0.1, -0.05) is 30.3 Å². The standard InChI is InChI=1S/C20H21N3O5/c1-27-15-8-12(9-16(28-2)18(15)24)10-22-23-20(26)17-14(11-21-19(17)25)13-6-4-3-5-7-13/h3-10,14,17,24H,11H2,1-2H3,(H,21,25)(H,23,26)/b22-10+/t14-,17+/m1/s1. The van der Waals surface area contributed by atoms with Gasteiger partial charge in [0.15, 0.2) is 11.5 Å². The van der Waals surface area contributed by atoms with Gasteiger partial charge in [-0.05, 0) is 17.7 Å². The molecule has 1 heterocycles. The molecule has 0 aliphatic carbocycles. The molecule has 0 unspecified atom stereocenters. The summed E-state index contributed by atoms with van der Waals surface area (Å²) in [4.78, 5) is 24.7. The monoisotopic (exact) mass is 383 g/mol. The molecule has 0 spiro atoms. The molecule has 146 valence electrons. The molecule has 3 N–H and O–H groups in total. The Morgan fingerprint density at radius 2 is 1.86 bits per heavy atom. The molecule has 8 heteroatoms. The van der Waals surface area contributed by atoms with Crippen molar-refractivity contribution >= 4 is 18.0 Å². The third-order valence-corrected chi connectivity index (χ3v) is 4.58. The second-order valence-electron chi connectivity index (χ2n) is 6.25. The van der Waals surface area contributed by atoms with Gasteiger partial charge in [-0.2, -0.15) is 5.10 Å². The predicted molar refractivity (Wildman–Crippen MR) is 103 cm³/mol. The van der Waals surface area contributed by atoms with Crippen LogP contribution in [-0.2, 0) is 9.59 Å². The molecule has 28 heavy (non-hydrogen) atoms. The van der Waals surface area contributed by atoms with E-state index in [1.165, 1.54) is 20.4 Å². The lowest BCUT2D eigenvalue weighted by molar-refractivity contribution is -0.133. The lowest BCUT2D eigenvalue weighted by atomic mass is 9.88. The van der Waals surface area contributed by atoms with Crippen LogP contribution in [0.2, 0.25) is 0 Å². The number of phenolic OH excluding ortho intramolecular Hbond substituents is 1. The van der Waals surface area contributed by atoms with Crippen molar-refractivity contribution in [3.05, 3.63) is 53.6 Å². The van der Waals surface area contributed by atoms with Crippen LogP contribution in [0.4, 0.5) is 0 Å². The van der Waals surface area contributed by atoms with Gasteiger partial charge in [-0.3, -0.25) is 9.59 Å². The molecule has 2 atom stereocenters.